The van der Waals surface area contributed by atoms with Crippen LogP contribution in [0.15, 0.2) is 18.2 Å². The molecule has 2 rings (SSSR count). The second-order valence-corrected chi connectivity index (χ2v) is 4.68. The molecular weight excluding hydrogens is 198 g/mol. The molecule has 88 valence electrons. The van der Waals surface area contributed by atoms with E-state index in [0.29, 0.717) is 5.82 Å². The Balaban J connectivity index is 1.89. The summed E-state index contributed by atoms with van der Waals surface area (Å²) in [7, 11) is 0. The molecule has 3 heteroatoms. The molecule has 1 aromatic heterocycles. The van der Waals surface area contributed by atoms with Crippen LogP contribution in [-0.4, -0.2) is 23.0 Å². The minimum absolute atomic E-state index is 0.622. The Morgan fingerprint density at radius 2 is 2.25 bits per heavy atom. The van der Waals surface area contributed by atoms with Gasteiger partial charge in [-0.05, 0) is 37.4 Å². The van der Waals surface area contributed by atoms with E-state index in [0.717, 1.165) is 24.7 Å². The van der Waals surface area contributed by atoms with Gasteiger partial charge >= 0.3 is 0 Å². The first kappa shape index (κ1) is 11.4. The van der Waals surface area contributed by atoms with E-state index in [1.807, 2.05) is 12.1 Å². The number of nitrogen functional groups attached to an aromatic ring is 1. The number of hydrogen-bond donors (Lipinski definition) is 1. The molecule has 0 aromatic carbocycles. The van der Waals surface area contributed by atoms with Crippen molar-refractivity contribution >= 4 is 5.82 Å². The maximum absolute atomic E-state index is 5.68. The van der Waals surface area contributed by atoms with Crippen LogP contribution in [0.2, 0.25) is 0 Å². The fraction of sp³-hybridized carbons (Fsp3) is 0.615. The number of nitrogens with two attached hydrogens (primary N) is 1. The van der Waals surface area contributed by atoms with Gasteiger partial charge in [0.1, 0.15) is 5.82 Å². The summed E-state index contributed by atoms with van der Waals surface area (Å²) in [5, 5.41) is 0. The third-order valence-corrected chi connectivity index (χ3v) is 3.40. The molecule has 16 heavy (non-hydrogen) atoms. The smallest absolute Gasteiger partial charge is 0.123 e. The van der Waals surface area contributed by atoms with Gasteiger partial charge in [0.05, 0.1) is 5.69 Å². The maximum atomic E-state index is 5.68. The minimum Gasteiger partial charge on any atom is -0.384 e. The summed E-state index contributed by atoms with van der Waals surface area (Å²) < 4.78 is 0. The van der Waals surface area contributed by atoms with Crippen LogP contribution in [-0.2, 0) is 6.54 Å². The van der Waals surface area contributed by atoms with Crippen LogP contribution in [0.3, 0.4) is 0 Å². The summed E-state index contributed by atoms with van der Waals surface area (Å²) >= 11 is 0. The molecule has 1 aliphatic rings. The number of anilines is 1. The van der Waals surface area contributed by atoms with Crippen molar-refractivity contribution in [2.45, 2.75) is 32.7 Å². The van der Waals surface area contributed by atoms with E-state index in [4.69, 9.17) is 5.73 Å². The van der Waals surface area contributed by atoms with Crippen LogP contribution >= 0.6 is 0 Å². The fourth-order valence-corrected chi connectivity index (χ4v) is 2.16. The van der Waals surface area contributed by atoms with Crippen LogP contribution in [0.25, 0.3) is 0 Å². The van der Waals surface area contributed by atoms with E-state index in [1.54, 1.807) is 0 Å². The number of rotatable bonds is 5. The van der Waals surface area contributed by atoms with E-state index in [2.05, 4.69) is 22.9 Å². The lowest BCUT2D eigenvalue weighted by molar-refractivity contribution is 0.177. The van der Waals surface area contributed by atoms with Crippen LogP contribution in [0.4, 0.5) is 5.82 Å². The normalized spacial score (nSPS) is 16.4. The Bertz CT molecular complexity index is 334. The van der Waals surface area contributed by atoms with Gasteiger partial charge < -0.3 is 5.73 Å². The zero-order chi connectivity index (χ0) is 11.4. The van der Waals surface area contributed by atoms with Gasteiger partial charge in [-0.3, -0.25) is 4.90 Å². The van der Waals surface area contributed by atoms with E-state index in [1.165, 1.54) is 25.8 Å². The van der Waals surface area contributed by atoms with Crippen molar-refractivity contribution in [1.29, 1.82) is 0 Å². The summed E-state index contributed by atoms with van der Waals surface area (Å²) in [6.45, 7) is 5.45. The average Bonchev–Trinajstić information content (AvgIpc) is 2.21. The second-order valence-electron chi connectivity index (χ2n) is 4.68. The number of aromatic nitrogens is 1. The summed E-state index contributed by atoms with van der Waals surface area (Å²) in [4.78, 5) is 6.81. The lowest BCUT2D eigenvalue weighted by atomic mass is 9.85. The molecule has 0 atom stereocenters. The van der Waals surface area contributed by atoms with E-state index in [9.17, 15) is 0 Å². The van der Waals surface area contributed by atoms with Crippen molar-refractivity contribution in [3.05, 3.63) is 23.9 Å². The van der Waals surface area contributed by atoms with Gasteiger partial charge in [0.15, 0.2) is 0 Å². The molecule has 1 fully saturated rings. The molecule has 1 aromatic rings. The van der Waals surface area contributed by atoms with E-state index < -0.39 is 0 Å². The van der Waals surface area contributed by atoms with Crippen molar-refractivity contribution in [2.24, 2.45) is 5.92 Å². The summed E-state index contributed by atoms with van der Waals surface area (Å²) in [5.74, 6) is 1.54. The second kappa shape index (κ2) is 5.30. The van der Waals surface area contributed by atoms with E-state index in [-0.39, 0.29) is 0 Å². The number of nitrogens with zero attached hydrogens (tertiary/aromatic N) is 2. The lowest BCUT2D eigenvalue weighted by Crippen LogP contribution is -2.32. The van der Waals surface area contributed by atoms with Gasteiger partial charge in [-0.25, -0.2) is 4.98 Å². The van der Waals surface area contributed by atoms with E-state index >= 15 is 0 Å². The molecule has 0 amide bonds. The molecule has 2 N–H and O–H groups in total. The molecule has 1 aliphatic carbocycles. The highest BCUT2D eigenvalue weighted by molar-refractivity contribution is 5.28. The standard InChI is InChI=1S/C13H21N3/c1-2-16(9-11-5-3-6-11)10-12-7-4-8-13(14)15-12/h4,7-8,11H,2-3,5-6,9-10H2,1H3,(H2,14,15). The minimum atomic E-state index is 0.622. The van der Waals surface area contributed by atoms with Gasteiger partial charge in [0.25, 0.3) is 0 Å². The van der Waals surface area contributed by atoms with Crippen LogP contribution in [0.1, 0.15) is 31.9 Å². The van der Waals surface area contributed by atoms with Gasteiger partial charge in [0, 0.05) is 13.1 Å². The van der Waals surface area contributed by atoms with Crippen molar-refractivity contribution in [1.82, 2.24) is 9.88 Å². The molecular formula is C13H21N3. The van der Waals surface area contributed by atoms with Gasteiger partial charge in [-0.15, -0.1) is 0 Å². The predicted octanol–water partition coefficient (Wildman–Crippen LogP) is 2.29. The summed E-state index contributed by atoms with van der Waals surface area (Å²) in [6.07, 6.45) is 4.22. The van der Waals surface area contributed by atoms with Crippen molar-refractivity contribution in [3.63, 3.8) is 0 Å². The molecule has 0 spiro atoms. The quantitative estimate of drug-likeness (QED) is 0.826. The monoisotopic (exact) mass is 219 g/mol. The van der Waals surface area contributed by atoms with Gasteiger partial charge in [-0.1, -0.05) is 19.4 Å². The van der Waals surface area contributed by atoms with Crippen LogP contribution in [0, 0.1) is 5.92 Å². The zero-order valence-electron chi connectivity index (χ0n) is 10.0. The highest BCUT2D eigenvalue weighted by Gasteiger charge is 2.20. The third kappa shape index (κ3) is 2.95. The molecule has 1 saturated carbocycles. The molecule has 0 radical (unpaired) electrons. The highest BCUT2D eigenvalue weighted by Crippen LogP contribution is 2.27. The van der Waals surface area contributed by atoms with Crippen LogP contribution in [0.5, 0.6) is 0 Å². The van der Waals surface area contributed by atoms with Gasteiger partial charge in [0.2, 0.25) is 0 Å². The first-order valence-corrected chi connectivity index (χ1v) is 6.21. The Hall–Kier alpha value is -1.09. The maximum Gasteiger partial charge on any atom is 0.123 e. The Morgan fingerprint density at radius 1 is 1.44 bits per heavy atom. The lowest BCUT2D eigenvalue weighted by Gasteiger charge is -2.31. The largest absolute Gasteiger partial charge is 0.384 e. The fourth-order valence-electron chi connectivity index (χ4n) is 2.16. The average molecular weight is 219 g/mol. The Labute approximate surface area is 97.7 Å². The number of hydrogen-bond acceptors (Lipinski definition) is 3. The Kier molecular flexibility index (Phi) is 3.78. The molecule has 0 unspecified atom stereocenters. The topological polar surface area (TPSA) is 42.1 Å². The highest BCUT2D eigenvalue weighted by atomic mass is 15.1. The SMILES string of the molecule is CCN(Cc1cccc(N)n1)CC1CCC1. The summed E-state index contributed by atoms with van der Waals surface area (Å²) in [5.41, 5.74) is 6.77. The van der Waals surface area contributed by atoms with Gasteiger partial charge in [-0.2, -0.15) is 0 Å². The van der Waals surface area contributed by atoms with Crippen LogP contribution < -0.4 is 5.73 Å². The van der Waals surface area contributed by atoms with Crippen molar-refractivity contribution < 1.29 is 0 Å². The zero-order valence-corrected chi connectivity index (χ0v) is 10.0. The number of pyridine rings is 1. The van der Waals surface area contributed by atoms with Crippen molar-refractivity contribution in [3.8, 4) is 0 Å². The molecule has 3 nitrogen and oxygen atoms in total. The molecule has 0 aliphatic heterocycles. The predicted molar refractivity (Wildman–Crippen MR) is 66.9 cm³/mol. The van der Waals surface area contributed by atoms with Crippen molar-refractivity contribution in [2.75, 3.05) is 18.8 Å². The molecule has 0 bridgehead atoms. The molecule has 1 heterocycles. The third-order valence-electron chi connectivity index (χ3n) is 3.40. The molecule has 0 saturated heterocycles. The Morgan fingerprint density at radius 3 is 2.81 bits per heavy atom. The first-order chi connectivity index (χ1) is 7.78. The summed E-state index contributed by atoms with van der Waals surface area (Å²) in [6, 6.07) is 5.88. The first-order valence-electron chi connectivity index (χ1n) is 6.21.